The minimum atomic E-state index is 0.101. The van der Waals surface area contributed by atoms with Crippen LogP contribution in [0.2, 0.25) is 0 Å². The van der Waals surface area contributed by atoms with Crippen molar-refractivity contribution in [1.82, 2.24) is 19.5 Å². The van der Waals surface area contributed by atoms with Gasteiger partial charge in [-0.15, -0.1) is 0 Å². The zero-order valence-corrected chi connectivity index (χ0v) is 14.4. The summed E-state index contributed by atoms with van der Waals surface area (Å²) < 4.78 is 2.03. The standard InChI is InChI=1S/C20H19N5O/c1-14-2-7-19(23-12-14)25-18-13-21-9-8-17(18)24-20(25)15-3-5-16(6-4-15)22-10-11-26/h2-9,12-13,22,26H,10-11H2,1H3. The Morgan fingerprint density at radius 3 is 2.62 bits per heavy atom. The van der Waals surface area contributed by atoms with E-state index in [-0.39, 0.29) is 6.61 Å². The molecule has 0 saturated carbocycles. The highest BCUT2D eigenvalue weighted by Gasteiger charge is 2.15. The van der Waals surface area contributed by atoms with Gasteiger partial charge in [-0.05, 0) is 48.9 Å². The minimum Gasteiger partial charge on any atom is -0.395 e. The van der Waals surface area contributed by atoms with Crippen LogP contribution in [-0.2, 0) is 0 Å². The van der Waals surface area contributed by atoms with Gasteiger partial charge in [0.1, 0.15) is 11.6 Å². The molecule has 130 valence electrons. The summed E-state index contributed by atoms with van der Waals surface area (Å²) in [6.07, 6.45) is 5.40. The predicted molar refractivity (Wildman–Crippen MR) is 102 cm³/mol. The number of fused-ring (bicyclic) bond motifs is 1. The largest absolute Gasteiger partial charge is 0.395 e. The van der Waals surface area contributed by atoms with Crippen molar-refractivity contribution in [2.75, 3.05) is 18.5 Å². The Labute approximate surface area is 151 Å². The lowest BCUT2D eigenvalue weighted by Crippen LogP contribution is -2.05. The van der Waals surface area contributed by atoms with Crippen LogP contribution in [-0.4, -0.2) is 37.8 Å². The van der Waals surface area contributed by atoms with Gasteiger partial charge in [-0.1, -0.05) is 6.07 Å². The average molecular weight is 345 g/mol. The predicted octanol–water partition coefficient (Wildman–Crippen LogP) is 3.20. The van der Waals surface area contributed by atoms with Crippen LogP contribution in [0, 0.1) is 6.92 Å². The van der Waals surface area contributed by atoms with Crippen molar-refractivity contribution < 1.29 is 5.11 Å². The van der Waals surface area contributed by atoms with E-state index >= 15 is 0 Å². The highest BCUT2D eigenvalue weighted by molar-refractivity contribution is 5.82. The molecule has 26 heavy (non-hydrogen) atoms. The van der Waals surface area contributed by atoms with Crippen molar-refractivity contribution in [3.63, 3.8) is 0 Å². The van der Waals surface area contributed by atoms with Gasteiger partial charge in [-0.2, -0.15) is 0 Å². The number of anilines is 1. The molecule has 0 spiro atoms. The maximum atomic E-state index is 8.93. The van der Waals surface area contributed by atoms with Gasteiger partial charge in [-0.3, -0.25) is 9.55 Å². The fraction of sp³-hybridized carbons (Fsp3) is 0.150. The van der Waals surface area contributed by atoms with Crippen LogP contribution >= 0.6 is 0 Å². The second-order valence-electron chi connectivity index (χ2n) is 6.06. The van der Waals surface area contributed by atoms with E-state index in [9.17, 15) is 0 Å². The first-order chi connectivity index (χ1) is 12.8. The highest BCUT2D eigenvalue weighted by atomic mass is 16.3. The van der Waals surface area contributed by atoms with Crippen LogP contribution < -0.4 is 5.32 Å². The molecule has 3 aromatic heterocycles. The number of aryl methyl sites for hydroxylation is 1. The van der Waals surface area contributed by atoms with E-state index in [1.807, 2.05) is 66.3 Å². The van der Waals surface area contributed by atoms with Gasteiger partial charge in [-0.25, -0.2) is 9.97 Å². The summed E-state index contributed by atoms with van der Waals surface area (Å²) in [4.78, 5) is 13.6. The zero-order valence-electron chi connectivity index (χ0n) is 14.4. The molecule has 0 amide bonds. The van der Waals surface area contributed by atoms with E-state index in [0.29, 0.717) is 6.54 Å². The molecule has 6 heteroatoms. The van der Waals surface area contributed by atoms with E-state index in [0.717, 1.165) is 39.5 Å². The number of aliphatic hydroxyl groups excluding tert-OH is 1. The van der Waals surface area contributed by atoms with Gasteiger partial charge in [0, 0.05) is 30.2 Å². The van der Waals surface area contributed by atoms with Gasteiger partial charge in [0.15, 0.2) is 0 Å². The Morgan fingerprint density at radius 1 is 1.04 bits per heavy atom. The molecule has 0 bridgehead atoms. The number of aromatic nitrogens is 4. The molecule has 2 N–H and O–H groups in total. The second kappa shape index (κ2) is 6.93. The van der Waals surface area contributed by atoms with Crippen LogP contribution in [0.5, 0.6) is 0 Å². The van der Waals surface area contributed by atoms with Gasteiger partial charge in [0.05, 0.1) is 23.8 Å². The van der Waals surface area contributed by atoms with Gasteiger partial charge in [0.25, 0.3) is 0 Å². The van der Waals surface area contributed by atoms with Crippen LogP contribution in [0.1, 0.15) is 5.56 Å². The first kappa shape index (κ1) is 16.2. The van der Waals surface area contributed by atoms with Crippen molar-refractivity contribution in [3.8, 4) is 17.2 Å². The molecule has 6 nitrogen and oxygen atoms in total. The summed E-state index contributed by atoms with van der Waals surface area (Å²) in [5.41, 5.74) is 4.84. The third kappa shape index (κ3) is 3.02. The lowest BCUT2D eigenvalue weighted by atomic mass is 10.2. The smallest absolute Gasteiger partial charge is 0.146 e. The molecule has 0 aliphatic carbocycles. The monoisotopic (exact) mass is 345 g/mol. The molecule has 4 rings (SSSR count). The van der Waals surface area contributed by atoms with Crippen LogP contribution in [0.15, 0.2) is 61.1 Å². The van der Waals surface area contributed by atoms with E-state index in [1.165, 1.54) is 0 Å². The SMILES string of the molecule is Cc1ccc(-n2c(-c3ccc(NCCO)cc3)nc3ccncc32)nc1. The maximum Gasteiger partial charge on any atom is 0.146 e. The third-order valence-electron chi connectivity index (χ3n) is 4.17. The Kier molecular flexibility index (Phi) is 4.33. The lowest BCUT2D eigenvalue weighted by molar-refractivity contribution is 0.311. The number of pyridine rings is 2. The molecule has 4 aromatic rings. The lowest BCUT2D eigenvalue weighted by Gasteiger charge is -2.10. The summed E-state index contributed by atoms with van der Waals surface area (Å²) in [5, 5.41) is 12.1. The normalized spacial score (nSPS) is 11.0. The molecule has 0 fully saturated rings. The van der Waals surface area contributed by atoms with Gasteiger partial charge >= 0.3 is 0 Å². The molecule has 0 atom stereocenters. The van der Waals surface area contributed by atoms with E-state index in [1.54, 1.807) is 6.20 Å². The Hall–Kier alpha value is -3.25. The number of hydrogen-bond donors (Lipinski definition) is 2. The number of aliphatic hydroxyl groups is 1. The quantitative estimate of drug-likeness (QED) is 0.581. The topological polar surface area (TPSA) is 75.9 Å². The van der Waals surface area contributed by atoms with Crippen molar-refractivity contribution >= 4 is 16.7 Å². The number of imidazole rings is 1. The number of nitrogens with one attached hydrogen (secondary N) is 1. The molecule has 1 aromatic carbocycles. The molecule has 0 radical (unpaired) electrons. The van der Waals surface area contributed by atoms with Crippen LogP contribution in [0.3, 0.4) is 0 Å². The Morgan fingerprint density at radius 2 is 1.88 bits per heavy atom. The molecule has 0 aliphatic rings. The fourth-order valence-corrected chi connectivity index (χ4v) is 2.88. The van der Waals surface area contributed by atoms with E-state index in [4.69, 9.17) is 10.1 Å². The zero-order chi connectivity index (χ0) is 17.9. The van der Waals surface area contributed by atoms with Crippen molar-refractivity contribution in [2.45, 2.75) is 6.92 Å². The van der Waals surface area contributed by atoms with Crippen molar-refractivity contribution in [1.29, 1.82) is 0 Å². The summed E-state index contributed by atoms with van der Waals surface area (Å²) >= 11 is 0. The molecule has 0 aliphatic heterocycles. The van der Waals surface area contributed by atoms with E-state index in [2.05, 4.69) is 15.3 Å². The average Bonchev–Trinajstić information content (AvgIpc) is 3.07. The minimum absolute atomic E-state index is 0.101. The number of rotatable bonds is 5. The first-order valence-electron chi connectivity index (χ1n) is 8.47. The summed E-state index contributed by atoms with van der Waals surface area (Å²) in [7, 11) is 0. The molecule has 0 unspecified atom stereocenters. The van der Waals surface area contributed by atoms with Gasteiger partial charge < -0.3 is 10.4 Å². The number of benzene rings is 1. The van der Waals surface area contributed by atoms with E-state index < -0.39 is 0 Å². The summed E-state index contributed by atoms with van der Waals surface area (Å²) in [5.74, 6) is 1.63. The highest BCUT2D eigenvalue weighted by Crippen LogP contribution is 2.28. The molecule has 0 saturated heterocycles. The molecular weight excluding hydrogens is 326 g/mol. The van der Waals surface area contributed by atoms with Crippen LogP contribution in [0.25, 0.3) is 28.2 Å². The Balaban J connectivity index is 1.84. The first-order valence-corrected chi connectivity index (χ1v) is 8.47. The van der Waals surface area contributed by atoms with Crippen LogP contribution in [0.4, 0.5) is 5.69 Å². The maximum absolute atomic E-state index is 8.93. The second-order valence-corrected chi connectivity index (χ2v) is 6.06. The number of hydrogen-bond acceptors (Lipinski definition) is 5. The molecule has 3 heterocycles. The van der Waals surface area contributed by atoms with Crippen molar-refractivity contribution in [2.24, 2.45) is 0 Å². The van der Waals surface area contributed by atoms with Crippen molar-refractivity contribution in [3.05, 3.63) is 66.6 Å². The third-order valence-corrected chi connectivity index (χ3v) is 4.17. The Bertz CT molecular complexity index is 1020. The fourth-order valence-electron chi connectivity index (χ4n) is 2.88. The summed E-state index contributed by atoms with van der Waals surface area (Å²) in [6.45, 7) is 2.64. The number of nitrogens with zero attached hydrogens (tertiary/aromatic N) is 4. The van der Waals surface area contributed by atoms with Gasteiger partial charge in [0.2, 0.25) is 0 Å². The molecular formula is C20H19N5O. The summed E-state index contributed by atoms with van der Waals surface area (Å²) in [6, 6.07) is 13.9.